The minimum Gasteiger partial charge on any atom is -0.363 e. The Morgan fingerprint density at radius 1 is 1.33 bits per heavy atom. The molecule has 3 rings (SSSR count). The first-order valence-corrected chi connectivity index (χ1v) is 8.83. The fourth-order valence-electron chi connectivity index (χ4n) is 3.49. The first-order valence-electron chi connectivity index (χ1n) is 8.83. The van der Waals surface area contributed by atoms with Gasteiger partial charge in [0.25, 0.3) is 5.69 Å². The molecule has 0 spiro atoms. The predicted octanol–water partition coefficient (Wildman–Crippen LogP) is 4.46. The molecule has 1 aliphatic rings. The Morgan fingerprint density at radius 2 is 2.11 bits per heavy atom. The third kappa shape index (κ3) is 3.81. The Hall–Kier alpha value is -3.22. The molecule has 2 aromatic rings. The summed E-state index contributed by atoms with van der Waals surface area (Å²) in [4.78, 5) is 16.5. The highest BCUT2D eigenvalue weighted by atomic mass is 16.6. The predicted molar refractivity (Wildman–Crippen MR) is 109 cm³/mol. The van der Waals surface area contributed by atoms with E-state index in [0.717, 1.165) is 12.1 Å². The van der Waals surface area contributed by atoms with E-state index in [0.29, 0.717) is 5.82 Å². The van der Waals surface area contributed by atoms with Gasteiger partial charge < -0.3 is 4.90 Å². The molecule has 0 aliphatic carbocycles. The molecule has 7 nitrogen and oxygen atoms in total. The zero-order chi connectivity index (χ0) is 19.6. The number of nitrogens with zero attached hydrogens (tertiary/aromatic N) is 4. The number of nitro groups is 1. The van der Waals surface area contributed by atoms with Crippen LogP contribution in [0.15, 0.2) is 47.7 Å². The fourth-order valence-corrected chi connectivity index (χ4v) is 3.49. The van der Waals surface area contributed by atoms with Gasteiger partial charge in [-0.2, -0.15) is 5.10 Å². The highest BCUT2D eigenvalue weighted by Crippen LogP contribution is 2.38. The molecule has 0 saturated heterocycles. The molecule has 7 heteroatoms. The lowest BCUT2D eigenvalue weighted by atomic mass is 9.88. The standard InChI is InChI=1S/C20H23N5O2/c1-5-24-18-8-6-15(10-17(18)14(2)11-20(24,3)4)12-22-23-19-9-7-16(13-21-19)25(26)27/h6-13H,5H2,1-4H3,(H,21,23)/b22-12-. The fraction of sp³-hybridized carbons (Fsp3) is 0.300. The van der Waals surface area contributed by atoms with Gasteiger partial charge in [-0.3, -0.25) is 15.5 Å². The number of fused-ring (bicyclic) bond motifs is 1. The van der Waals surface area contributed by atoms with Crippen molar-refractivity contribution in [3.8, 4) is 0 Å². The Labute approximate surface area is 158 Å². The molecule has 1 aliphatic heterocycles. The molecule has 27 heavy (non-hydrogen) atoms. The maximum absolute atomic E-state index is 10.6. The number of pyridine rings is 1. The number of hydrogen-bond acceptors (Lipinski definition) is 6. The summed E-state index contributed by atoms with van der Waals surface area (Å²) in [6.07, 6.45) is 5.21. The van der Waals surface area contributed by atoms with Gasteiger partial charge in [0.15, 0.2) is 0 Å². The first kappa shape index (κ1) is 18.6. The summed E-state index contributed by atoms with van der Waals surface area (Å²) >= 11 is 0. The van der Waals surface area contributed by atoms with Crippen molar-refractivity contribution in [1.29, 1.82) is 0 Å². The largest absolute Gasteiger partial charge is 0.363 e. The summed E-state index contributed by atoms with van der Waals surface area (Å²) < 4.78 is 0. The first-order chi connectivity index (χ1) is 12.8. The molecular formula is C20H23N5O2. The van der Waals surface area contributed by atoms with E-state index in [1.54, 1.807) is 6.21 Å². The van der Waals surface area contributed by atoms with Crippen LogP contribution >= 0.6 is 0 Å². The molecule has 0 bridgehead atoms. The van der Waals surface area contributed by atoms with Gasteiger partial charge >= 0.3 is 0 Å². The van der Waals surface area contributed by atoms with E-state index >= 15 is 0 Å². The Kier molecular flexibility index (Phi) is 4.94. The van der Waals surface area contributed by atoms with Crippen molar-refractivity contribution >= 4 is 29.0 Å². The summed E-state index contributed by atoms with van der Waals surface area (Å²) in [5, 5.41) is 14.8. The summed E-state index contributed by atoms with van der Waals surface area (Å²) in [5.41, 5.74) is 7.38. The van der Waals surface area contributed by atoms with Crippen molar-refractivity contribution in [2.75, 3.05) is 16.9 Å². The van der Waals surface area contributed by atoms with Gasteiger partial charge in [0.2, 0.25) is 0 Å². The smallest absolute Gasteiger partial charge is 0.287 e. The van der Waals surface area contributed by atoms with Crippen molar-refractivity contribution in [2.45, 2.75) is 33.2 Å². The number of hydrazone groups is 1. The molecule has 1 aromatic carbocycles. The number of aromatic nitrogens is 1. The van der Waals surface area contributed by atoms with Crippen molar-refractivity contribution in [3.63, 3.8) is 0 Å². The van der Waals surface area contributed by atoms with Gasteiger partial charge in [0, 0.05) is 23.9 Å². The van der Waals surface area contributed by atoms with Crippen LogP contribution in [0.25, 0.3) is 5.57 Å². The second-order valence-corrected chi connectivity index (χ2v) is 7.03. The second-order valence-electron chi connectivity index (χ2n) is 7.03. The van der Waals surface area contributed by atoms with Crippen molar-refractivity contribution in [1.82, 2.24) is 4.98 Å². The van der Waals surface area contributed by atoms with E-state index in [2.05, 4.69) is 66.3 Å². The van der Waals surface area contributed by atoms with Crippen LogP contribution in [0.5, 0.6) is 0 Å². The number of allylic oxidation sites excluding steroid dienone is 1. The SMILES string of the molecule is CCN1c2ccc(/C=N\Nc3ccc([N+](=O)[O-])cn3)cc2C(C)=CC1(C)C. The number of likely N-dealkylation sites (N-methyl/N-ethyl adjacent to an activating group) is 1. The van der Waals surface area contributed by atoms with Crippen molar-refractivity contribution in [3.05, 3.63) is 63.8 Å². The summed E-state index contributed by atoms with van der Waals surface area (Å²) in [5.74, 6) is 0.449. The average molecular weight is 365 g/mol. The van der Waals surface area contributed by atoms with E-state index in [1.807, 2.05) is 6.07 Å². The lowest BCUT2D eigenvalue weighted by Gasteiger charge is -2.42. The van der Waals surface area contributed by atoms with Crippen LogP contribution in [-0.2, 0) is 0 Å². The average Bonchev–Trinajstić information content (AvgIpc) is 2.62. The van der Waals surface area contributed by atoms with Crippen LogP contribution in [0.1, 0.15) is 38.8 Å². The second kappa shape index (κ2) is 7.19. The highest BCUT2D eigenvalue weighted by molar-refractivity contribution is 5.88. The normalized spacial score (nSPS) is 15.4. The monoisotopic (exact) mass is 365 g/mol. The minimum absolute atomic E-state index is 0.00934. The molecule has 0 unspecified atom stereocenters. The topological polar surface area (TPSA) is 83.7 Å². The third-order valence-electron chi connectivity index (χ3n) is 4.67. The summed E-state index contributed by atoms with van der Waals surface area (Å²) in [7, 11) is 0. The van der Waals surface area contributed by atoms with Gasteiger partial charge in [-0.1, -0.05) is 12.1 Å². The maximum Gasteiger partial charge on any atom is 0.287 e. The van der Waals surface area contributed by atoms with Crippen LogP contribution < -0.4 is 10.3 Å². The molecule has 1 aromatic heterocycles. The van der Waals surface area contributed by atoms with Crippen LogP contribution in [0, 0.1) is 10.1 Å². The summed E-state index contributed by atoms with van der Waals surface area (Å²) in [6.45, 7) is 9.67. The lowest BCUT2D eigenvalue weighted by molar-refractivity contribution is -0.385. The van der Waals surface area contributed by atoms with Crippen molar-refractivity contribution < 1.29 is 4.92 Å². The number of hydrogen-bond donors (Lipinski definition) is 1. The van der Waals surface area contributed by atoms with E-state index in [4.69, 9.17) is 0 Å². The summed E-state index contributed by atoms with van der Waals surface area (Å²) in [6, 6.07) is 9.19. The van der Waals surface area contributed by atoms with E-state index in [1.165, 1.54) is 35.2 Å². The van der Waals surface area contributed by atoms with Gasteiger partial charge in [-0.25, -0.2) is 4.98 Å². The number of rotatable bonds is 5. The molecule has 0 amide bonds. The van der Waals surface area contributed by atoms with E-state index in [-0.39, 0.29) is 11.2 Å². The van der Waals surface area contributed by atoms with E-state index in [9.17, 15) is 10.1 Å². The van der Waals surface area contributed by atoms with E-state index < -0.39 is 4.92 Å². The van der Waals surface area contributed by atoms with Crippen LogP contribution in [0.2, 0.25) is 0 Å². The lowest BCUT2D eigenvalue weighted by Crippen LogP contribution is -2.44. The molecule has 0 atom stereocenters. The zero-order valence-corrected chi connectivity index (χ0v) is 15.9. The number of anilines is 2. The Morgan fingerprint density at radius 3 is 2.74 bits per heavy atom. The molecule has 0 saturated carbocycles. The van der Waals surface area contributed by atoms with Crippen molar-refractivity contribution in [2.24, 2.45) is 5.10 Å². The van der Waals surface area contributed by atoms with Crippen LogP contribution in [0.3, 0.4) is 0 Å². The molecule has 0 fully saturated rings. The molecule has 0 radical (unpaired) electrons. The quantitative estimate of drug-likeness (QED) is 0.480. The minimum atomic E-state index is -0.482. The molecule has 2 heterocycles. The van der Waals surface area contributed by atoms with Gasteiger partial charge in [0.05, 0.1) is 16.7 Å². The highest BCUT2D eigenvalue weighted by Gasteiger charge is 2.29. The Bertz CT molecular complexity index is 916. The molecule has 1 N–H and O–H groups in total. The van der Waals surface area contributed by atoms with Gasteiger partial charge in [-0.05, 0) is 57.0 Å². The van der Waals surface area contributed by atoms with Gasteiger partial charge in [-0.15, -0.1) is 0 Å². The number of nitrogens with one attached hydrogen (secondary N) is 1. The molecule has 140 valence electrons. The zero-order valence-electron chi connectivity index (χ0n) is 15.9. The van der Waals surface area contributed by atoms with Gasteiger partial charge in [0.1, 0.15) is 12.0 Å². The third-order valence-corrected chi connectivity index (χ3v) is 4.67. The Balaban J connectivity index is 1.78. The van der Waals surface area contributed by atoms with Crippen LogP contribution in [0.4, 0.5) is 17.2 Å². The molecular weight excluding hydrogens is 342 g/mol. The number of benzene rings is 1. The maximum atomic E-state index is 10.6. The van der Waals surface area contributed by atoms with Crippen LogP contribution in [-0.4, -0.2) is 28.2 Å².